The molecule has 3 aromatic carbocycles. The van der Waals surface area contributed by atoms with Crippen LogP contribution in [-0.4, -0.2) is 16.2 Å². The van der Waals surface area contributed by atoms with Crippen LogP contribution >= 0.6 is 23.2 Å². The molecule has 0 aromatic heterocycles. The third kappa shape index (κ3) is 2.34. The van der Waals surface area contributed by atoms with Crippen LogP contribution in [0.2, 0.25) is 10.0 Å². The van der Waals surface area contributed by atoms with Crippen molar-refractivity contribution >= 4 is 29.2 Å². The number of fused-ring (bicyclic) bond motifs is 1. The molecule has 130 valence electrons. The molecule has 0 unspecified atom stereocenters. The highest BCUT2D eigenvalue weighted by Gasteiger charge is 2.48. The van der Waals surface area contributed by atoms with E-state index in [2.05, 4.69) is 0 Å². The summed E-state index contributed by atoms with van der Waals surface area (Å²) in [4.78, 5) is 12.5. The molecule has 1 aliphatic heterocycles. The number of hydrogen-bond donors (Lipinski definition) is 2. The SMILES string of the molecule is O=C1OC(c2ccc(O)c(Cl)c2)(c2ccc(O)c(Cl)c2)c2ccccc21. The number of aromatic hydroxyl groups is 2. The Hall–Kier alpha value is -2.69. The molecule has 0 amide bonds. The Morgan fingerprint density at radius 2 is 1.35 bits per heavy atom. The van der Waals surface area contributed by atoms with Crippen LogP contribution in [0.3, 0.4) is 0 Å². The predicted molar refractivity (Wildman–Crippen MR) is 98.0 cm³/mol. The molecular weight excluding hydrogens is 375 g/mol. The van der Waals surface area contributed by atoms with Gasteiger partial charge in [0.15, 0.2) is 5.60 Å². The smallest absolute Gasteiger partial charge is 0.340 e. The number of benzene rings is 3. The Kier molecular flexibility index (Phi) is 3.83. The average molecular weight is 387 g/mol. The summed E-state index contributed by atoms with van der Waals surface area (Å²) in [6.07, 6.45) is 0. The lowest BCUT2D eigenvalue weighted by Crippen LogP contribution is -2.29. The number of phenolic OH excluding ortho intramolecular Hbond substituents is 2. The summed E-state index contributed by atoms with van der Waals surface area (Å²) in [6.45, 7) is 0. The van der Waals surface area contributed by atoms with Crippen molar-refractivity contribution in [3.63, 3.8) is 0 Å². The summed E-state index contributed by atoms with van der Waals surface area (Å²) in [7, 11) is 0. The molecule has 0 saturated carbocycles. The monoisotopic (exact) mass is 386 g/mol. The molecule has 0 spiro atoms. The van der Waals surface area contributed by atoms with Crippen molar-refractivity contribution in [3.05, 3.63) is 93.0 Å². The second kappa shape index (κ2) is 5.94. The van der Waals surface area contributed by atoms with Crippen molar-refractivity contribution in [1.82, 2.24) is 0 Å². The molecule has 0 aliphatic carbocycles. The van der Waals surface area contributed by atoms with Gasteiger partial charge in [-0.05, 0) is 30.3 Å². The van der Waals surface area contributed by atoms with Gasteiger partial charge in [0, 0.05) is 16.7 Å². The van der Waals surface area contributed by atoms with Crippen LogP contribution in [0.5, 0.6) is 11.5 Å². The Labute approximate surface area is 159 Å². The summed E-state index contributed by atoms with van der Waals surface area (Å²) >= 11 is 12.2. The minimum atomic E-state index is -1.29. The van der Waals surface area contributed by atoms with Gasteiger partial charge < -0.3 is 14.9 Å². The first-order valence-electron chi connectivity index (χ1n) is 7.74. The van der Waals surface area contributed by atoms with Gasteiger partial charge in [-0.25, -0.2) is 4.79 Å². The van der Waals surface area contributed by atoms with Crippen LogP contribution in [0.4, 0.5) is 0 Å². The fraction of sp³-hybridized carbons (Fsp3) is 0.0500. The van der Waals surface area contributed by atoms with Crippen molar-refractivity contribution in [2.75, 3.05) is 0 Å². The van der Waals surface area contributed by atoms with Crippen molar-refractivity contribution in [3.8, 4) is 11.5 Å². The summed E-state index contributed by atoms with van der Waals surface area (Å²) in [5, 5.41) is 19.8. The van der Waals surface area contributed by atoms with Crippen LogP contribution < -0.4 is 0 Å². The number of carbonyl (C=O) groups excluding carboxylic acids is 1. The first-order chi connectivity index (χ1) is 12.4. The zero-order valence-electron chi connectivity index (χ0n) is 13.2. The van der Waals surface area contributed by atoms with E-state index >= 15 is 0 Å². The molecule has 1 heterocycles. The number of carbonyl (C=O) groups is 1. The maximum Gasteiger partial charge on any atom is 0.340 e. The van der Waals surface area contributed by atoms with Crippen LogP contribution in [0.1, 0.15) is 27.0 Å². The summed E-state index contributed by atoms with van der Waals surface area (Å²) in [5.74, 6) is -0.632. The minimum absolute atomic E-state index is 0.0769. The standard InChI is InChI=1S/C20H12Cl2O4/c21-15-9-11(5-7-17(15)23)20(12-6-8-18(24)16(22)10-12)14-4-2-1-3-13(14)19(25)26-20/h1-10,23-24H. The average Bonchev–Trinajstić information content (AvgIpc) is 2.94. The fourth-order valence-corrected chi connectivity index (χ4v) is 3.63. The maximum atomic E-state index is 12.5. The van der Waals surface area contributed by atoms with E-state index in [0.717, 1.165) is 0 Å². The number of hydrogen-bond acceptors (Lipinski definition) is 4. The first-order valence-corrected chi connectivity index (χ1v) is 8.50. The zero-order valence-corrected chi connectivity index (χ0v) is 14.8. The summed E-state index contributed by atoms with van der Waals surface area (Å²) in [6, 6.07) is 16.3. The highest BCUT2D eigenvalue weighted by molar-refractivity contribution is 6.32. The van der Waals surface area contributed by atoms with Gasteiger partial charge in [0.25, 0.3) is 0 Å². The molecule has 2 N–H and O–H groups in total. The Morgan fingerprint density at radius 3 is 1.88 bits per heavy atom. The molecule has 0 atom stereocenters. The molecule has 26 heavy (non-hydrogen) atoms. The third-order valence-corrected chi connectivity index (χ3v) is 5.09. The topological polar surface area (TPSA) is 66.8 Å². The van der Waals surface area contributed by atoms with Gasteiger partial charge in [-0.15, -0.1) is 0 Å². The van der Waals surface area contributed by atoms with Gasteiger partial charge in [0.2, 0.25) is 0 Å². The van der Waals surface area contributed by atoms with E-state index in [4.69, 9.17) is 27.9 Å². The molecular formula is C20H12Cl2O4. The van der Waals surface area contributed by atoms with Gasteiger partial charge >= 0.3 is 5.97 Å². The maximum absolute atomic E-state index is 12.5. The molecule has 0 bridgehead atoms. The lowest BCUT2D eigenvalue weighted by molar-refractivity contribution is 0.0251. The van der Waals surface area contributed by atoms with Gasteiger partial charge in [0.05, 0.1) is 15.6 Å². The van der Waals surface area contributed by atoms with Crippen molar-refractivity contribution in [2.24, 2.45) is 0 Å². The van der Waals surface area contributed by atoms with E-state index in [1.54, 1.807) is 48.5 Å². The van der Waals surface area contributed by atoms with E-state index in [0.29, 0.717) is 22.3 Å². The molecule has 0 radical (unpaired) electrons. The largest absolute Gasteiger partial charge is 0.506 e. The number of ether oxygens (including phenoxy) is 1. The minimum Gasteiger partial charge on any atom is -0.506 e. The molecule has 3 aromatic rings. The van der Waals surface area contributed by atoms with Gasteiger partial charge in [0.1, 0.15) is 11.5 Å². The molecule has 1 aliphatic rings. The second-order valence-electron chi connectivity index (χ2n) is 5.95. The van der Waals surface area contributed by atoms with Crippen LogP contribution in [0, 0.1) is 0 Å². The van der Waals surface area contributed by atoms with E-state index in [9.17, 15) is 15.0 Å². The number of halogens is 2. The fourth-order valence-electron chi connectivity index (χ4n) is 3.26. The number of phenols is 2. The summed E-state index contributed by atoms with van der Waals surface area (Å²) in [5.41, 5.74) is 0.887. The predicted octanol–water partition coefficient (Wildman–Crippen LogP) is 4.87. The molecule has 4 nitrogen and oxygen atoms in total. The van der Waals surface area contributed by atoms with E-state index in [1.807, 2.05) is 0 Å². The quantitative estimate of drug-likeness (QED) is 0.616. The number of cyclic esters (lactones) is 1. The zero-order chi connectivity index (χ0) is 18.5. The van der Waals surface area contributed by atoms with Gasteiger partial charge in [-0.2, -0.15) is 0 Å². The van der Waals surface area contributed by atoms with Crippen molar-refractivity contribution < 1.29 is 19.7 Å². The van der Waals surface area contributed by atoms with Crippen LogP contribution in [-0.2, 0) is 10.3 Å². The normalized spacial score (nSPS) is 14.8. The highest BCUT2D eigenvalue weighted by Crippen LogP contribution is 2.49. The summed E-state index contributed by atoms with van der Waals surface area (Å²) < 4.78 is 5.86. The van der Waals surface area contributed by atoms with Crippen LogP contribution in [0.15, 0.2) is 60.7 Å². The van der Waals surface area contributed by atoms with E-state index in [-0.39, 0.29) is 21.5 Å². The van der Waals surface area contributed by atoms with Crippen LogP contribution in [0.25, 0.3) is 0 Å². The van der Waals surface area contributed by atoms with E-state index < -0.39 is 11.6 Å². The van der Waals surface area contributed by atoms with Gasteiger partial charge in [-0.1, -0.05) is 53.5 Å². The first kappa shape index (κ1) is 16.8. The molecule has 0 saturated heterocycles. The lowest BCUT2D eigenvalue weighted by atomic mass is 9.80. The Bertz CT molecular complexity index is 994. The molecule has 4 rings (SSSR count). The van der Waals surface area contributed by atoms with Crippen molar-refractivity contribution in [2.45, 2.75) is 5.60 Å². The Balaban J connectivity index is 2.07. The van der Waals surface area contributed by atoms with E-state index in [1.165, 1.54) is 12.1 Å². The second-order valence-corrected chi connectivity index (χ2v) is 6.76. The Morgan fingerprint density at radius 1 is 0.808 bits per heavy atom. The lowest BCUT2D eigenvalue weighted by Gasteiger charge is -2.30. The van der Waals surface area contributed by atoms with Gasteiger partial charge in [-0.3, -0.25) is 0 Å². The number of esters is 1. The number of rotatable bonds is 2. The molecule has 0 fully saturated rings. The molecule has 6 heteroatoms. The van der Waals surface area contributed by atoms with Crippen molar-refractivity contribution in [1.29, 1.82) is 0 Å². The third-order valence-electron chi connectivity index (χ3n) is 4.48. The highest BCUT2D eigenvalue weighted by atomic mass is 35.5.